The molecule has 2 unspecified atom stereocenters. The van der Waals surface area contributed by atoms with Gasteiger partial charge in [-0.05, 0) is 43.0 Å². The normalized spacial score (nSPS) is 16.0. The van der Waals surface area contributed by atoms with Gasteiger partial charge in [-0.3, -0.25) is 14.9 Å². The number of rotatable bonds is 7. The van der Waals surface area contributed by atoms with E-state index in [4.69, 9.17) is 11.6 Å². The van der Waals surface area contributed by atoms with E-state index in [0.717, 1.165) is 24.3 Å². The van der Waals surface area contributed by atoms with Crippen LogP contribution in [0.1, 0.15) is 54.4 Å². The second-order valence-corrected chi connectivity index (χ2v) is 8.00. The minimum Gasteiger partial charge on any atom is -0.340 e. The third-order valence-corrected chi connectivity index (χ3v) is 5.74. The van der Waals surface area contributed by atoms with Crippen LogP contribution in [0.4, 0.5) is 5.13 Å². The summed E-state index contributed by atoms with van der Waals surface area (Å²) in [6.07, 6.45) is 3.02. The summed E-state index contributed by atoms with van der Waals surface area (Å²) < 4.78 is 0. The fourth-order valence-electron chi connectivity index (χ4n) is 2.49. The number of hydrogen-bond donors (Lipinski definition) is 2. The van der Waals surface area contributed by atoms with Gasteiger partial charge in [0.15, 0.2) is 0 Å². The molecule has 1 aliphatic rings. The molecule has 0 spiro atoms. The van der Waals surface area contributed by atoms with Crippen LogP contribution in [0.15, 0.2) is 24.3 Å². The molecule has 2 aromatic rings. The third kappa shape index (κ3) is 4.59. The van der Waals surface area contributed by atoms with Crippen molar-refractivity contribution in [3.8, 4) is 0 Å². The number of halogens is 1. The van der Waals surface area contributed by atoms with E-state index in [9.17, 15) is 9.59 Å². The molecule has 0 radical (unpaired) electrons. The van der Waals surface area contributed by atoms with E-state index in [2.05, 4.69) is 20.8 Å². The molecule has 0 aliphatic heterocycles. The molecule has 1 aliphatic carbocycles. The number of aromatic nitrogens is 2. The second kappa shape index (κ2) is 8.14. The molecule has 0 bridgehead atoms. The maximum atomic E-state index is 12.7. The van der Waals surface area contributed by atoms with Crippen LogP contribution >= 0.6 is 22.9 Å². The summed E-state index contributed by atoms with van der Waals surface area (Å²) in [5.74, 6) is -0.117. The summed E-state index contributed by atoms with van der Waals surface area (Å²) in [6.45, 7) is 3.91. The van der Waals surface area contributed by atoms with Crippen LogP contribution in [-0.4, -0.2) is 28.1 Å². The molecule has 1 saturated carbocycles. The van der Waals surface area contributed by atoms with Gasteiger partial charge in [0.25, 0.3) is 5.91 Å². The Bertz CT molecular complexity index is 789. The number of amides is 2. The largest absolute Gasteiger partial charge is 0.340 e. The van der Waals surface area contributed by atoms with Crippen LogP contribution in [0.2, 0.25) is 5.02 Å². The zero-order chi connectivity index (χ0) is 18.7. The Morgan fingerprint density at radius 2 is 1.96 bits per heavy atom. The number of carbonyl (C=O) groups is 2. The molecule has 2 amide bonds. The molecule has 6 nitrogen and oxygen atoms in total. The van der Waals surface area contributed by atoms with Crippen molar-refractivity contribution in [1.29, 1.82) is 0 Å². The molecular formula is C18H21ClN4O2S. The molecule has 138 valence electrons. The van der Waals surface area contributed by atoms with E-state index >= 15 is 0 Å². The molecule has 3 rings (SSSR count). The highest BCUT2D eigenvalue weighted by atomic mass is 35.5. The second-order valence-electron chi connectivity index (χ2n) is 6.55. The molecule has 8 heteroatoms. The first kappa shape index (κ1) is 18.8. The Morgan fingerprint density at radius 1 is 1.27 bits per heavy atom. The number of anilines is 1. The Kier molecular flexibility index (Phi) is 5.88. The monoisotopic (exact) mass is 392 g/mol. The average molecular weight is 393 g/mol. The summed E-state index contributed by atoms with van der Waals surface area (Å²) in [4.78, 5) is 25.2. The first-order valence-electron chi connectivity index (χ1n) is 8.68. The maximum Gasteiger partial charge on any atom is 0.251 e. The number of benzene rings is 1. The summed E-state index contributed by atoms with van der Waals surface area (Å²) in [5.41, 5.74) is 0.461. The summed E-state index contributed by atoms with van der Waals surface area (Å²) in [6, 6.07) is 5.91. The molecule has 2 N–H and O–H groups in total. The lowest BCUT2D eigenvalue weighted by atomic mass is 9.98. The van der Waals surface area contributed by atoms with Gasteiger partial charge in [-0.25, -0.2) is 0 Å². The highest BCUT2D eigenvalue weighted by molar-refractivity contribution is 7.15. The topological polar surface area (TPSA) is 84.0 Å². The van der Waals surface area contributed by atoms with Crippen LogP contribution in [0.3, 0.4) is 0 Å². The van der Waals surface area contributed by atoms with Crippen LogP contribution in [-0.2, 0) is 4.79 Å². The van der Waals surface area contributed by atoms with Crippen molar-refractivity contribution in [1.82, 2.24) is 15.5 Å². The van der Waals surface area contributed by atoms with Crippen molar-refractivity contribution in [2.45, 2.75) is 45.1 Å². The number of nitrogens with zero attached hydrogens (tertiary/aromatic N) is 2. The van der Waals surface area contributed by atoms with Gasteiger partial charge in [0.1, 0.15) is 11.0 Å². The minimum absolute atomic E-state index is 0.0259. The van der Waals surface area contributed by atoms with Crippen molar-refractivity contribution >= 4 is 39.9 Å². The minimum atomic E-state index is -0.656. The summed E-state index contributed by atoms with van der Waals surface area (Å²) >= 11 is 7.26. The number of nitrogens with one attached hydrogen (secondary N) is 2. The molecule has 1 aromatic heterocycles. The van der Waals surface area contributed by atoms with Crippen molar-refractivity contribution < 1.29 is 9.59 Å². The van der Waals surface area contributed by atoms with Crippen molar-refractivity contribution in [2.24, 2.45) is 5.92 Å². The Hall–Kier alpha value is -1.99. The summed E-state index contributed by atoms with van der Waals surface area (Å²) in [5, 5.41) is 15.8. The summed E-state index contributed by atoms with van der Waals surface area (Å²) in [7, 11) is 0. The smallest absolute Gasteiger partial charge is 0.251 e. The number of hydrogen-bond acceptors (Lipinski definition) is 5. The first-order chi connectivity index (χ1) is 12.5. The van der Waals surface area contributed by atoms with E-state index in [0.29, 0.717) is 21.6 Å². The quantitative estimate of drug-likeness (QED) is 0.749. The van der Waals surface area contributed by atoms with Crippen molar-refractivity contribution in [2.75, 3.05) is 5.32 Å². The Morgan fingerprint density at radius 3 is 2.58 bits per heavy atom. The molecule has 1 aromatic carbocycles. The van der Waals surface area contributed by atoms with Gasteiger partial charge >= 0.3 is 0 Å². The van der Waals surface area contributed by atoms with Gasteiger partial charge in [0.2, 0.25) is 11.0 Å². The van der Waals surface area contributed by atoms with Crippen molar-refractivity contribution in [3.63, 3.8) is 0 Å². The van der Waals surface area contributed by atoms with E-state index < -0.39 is 6.04 Å². The average Bonchev–Trinajstić information content (AvgIpc) is 3.39. The van der Waals surface area contributed by atoms with Gasteiger partial charge in [0.05, 0.1) is 0 Å². The lowest BCUT2D eigenvalue weighted by Gasteiger charge is -2.23. The van der Waals surface area contributed by atoms with E-state index in [1.54, 1.807) is 24.3 Å². The van der Waals surface area contributed by atoms with Gasteiger partial charge in [-0.1, -0.05) is 43.2 Å². The van der Waals surface area contributed by atoms with Crippen LogP contribution in [0.25, 0.3) is 0 Å². The van der Waals surface area contributed by atoms with Gasteiger partial charge in [-0.2, -0.15) is 0 Å². The molecule has 2 atom stereocenters. The zero-order valence-electron chi connectivity index (χ0n) is 14.7. The van der Waals surface area contributed by atoms with Crippen LogP contribution < -0.4 is 10.6 Å². The third-order valence-electron chi connectivity index (χ3n) is 4.49. The predicted molar refractivity (Wildman–Crippen MR) is 103 cm³/mol. The van der Waals surface area contributed by atoms with E-state index in [1.165, 1.54) is 11.3 Å². The van der Waals surface area contributed by atoms with Gasteiger partial charge in [-0.15, -0.1) is 10.2 Å². The van der Waals surface area contributed by atoms with Crippen molar-refractivity contribution in [3.05, 3.63) is 39.9 Å². The van der Waals surface area contributed by atoms with E-state index in [-0.39, 0.29) is 17.7 Å². The fraction of sp³-hybridized carbons (Fsp3) is 0.444. The maximum absolute atomic E-state index is 12.7. The molecule has 1 heterocycles. The zero-order valence-corrected chi connectivity index (χ0v) is 16.2. The standard InChI is InChI=1S/C18H21ClN4O2S/c1-3-10(2)14(20-15(24)11-6-8-13(19)9-7-11)16(25)21-18-23-22-17(26-18)12-4-5-12/h6-10,12,14H,3-5H2,1-2H3,(H,20,24)(H,21,23,25). The fourth-order valence-corrected chi connectivity index (χ4v) is 3.53. The first-order valence-corrected chi connectivity index (χ1v) is 9.88. The highest BCUT2D eigenvalue weighted by Gasteiger charge is 2.30. The molecular weight excluding hydrogens is 372 g/mol. The highest BCUT2D eigenvalue weighted by Crippen LogP contribution is 2.42. The number of carbonyl (C=O) groups excluding carboxylic acids is 2. The molecule has 26 heavy (non-hydrogen) atoms. The van der Waals surface area contributed by atoms with Gasteiger partial charge in [0, 0.05) is 16.5 Å². The van der Waals surface area contributed by atoms with E-state index in [1.807, 2.05) is 13.8 Å². The van der Waals surface area contributed by atoms with Gasteiger partial charge < -0.3 is 5.32 Å². The Balaban J connectivity index is 1.68. The SMILES string of the molecule is CCC(C)C(NC(=O)c1ccc(Cl)cc1)C(=O)Nc1nnc(C2CC2)s1. The Labute approximate surface area is 161 Å². The molecule has 0 saturated heterocycles. The van der Waals surface area contributed by atoms with Crippen LogP contribution in [0.5, 0.6) is 0 Å². The van der Waals surface area contributed by atoms with Crippen LogP contribution in [0, 0.1) is 5.92 Å². The predicted octanol–water partition coefficient (Wildman–Crippen LogP) is 3.85. The lowest BCUT2D eigenvalue weighted by Crippen LogP contribution is -2.47. The molecule has 1 fully saturated rings. The lowest BCUT2D eigenvalue weighted by molar-refractivity contribution is -0.119.